The molecule has 0 aliphatic rings. The minimum atomic E-state index is 0.463. The van der Waals surface area contributed by atoms with Crippen LogP contribution in [0.25, 0.3) is 0 Å². The number of anilines is 1. The van der Waals surface area contributed by atoms with Gasteiger partial charge in [-0.2, -0.15) is 0 Å². The second kappa shape index (κ2) is 9.33. The van der Waals surface area contributed by atoms with Crippen molar-refractivity contribution in [3.63, 3.8) is 0 Å². The summed E-state index contributed by atoms with van der Waals surface area (Å²) < 4.78 is 12.6. The van der Waals surface area contributed by atoms with Crippen molar-refractivity contribution in [2.45, 2.75) is 20.1 Å². The molecule has 0 aliphatic heterocycles. The normalized spacial score (nSPS) is 10.5. The minimum Gasteiger partial charge on any atom is -0.493 e. The lowest BCUT2D eigenvalue weighted by atomic mass is 10.2. The molecule has 3 nitrogen and oxygen atoms in total. The number of hydrogen-bond donors (Lipinski definition) is 1. The largest absolute Gasteiger partial charge is 0.493 e. The van der Waals surface area contributed by atoms with E-state index in [1.165, 1.54) is 5.56 Å². The number of halogens is 2. The van der Waals surface area contributed by atoms with Crippen LogP contribution in [0.4, 0.5) is 5.69 Å². The van der Waals surface area contributed by atoms with Gasteiger partial charge in [-0.25, -0.2) is 0 Å². The van der Waals surface area contributed by atoms with E-state index in [0.29, 0.717) is 13.2 Å². The maximum absolute atomic E-state index is 6.02. The summed E-state index contributed by atoms with van der Waals surface area (Å²) in [5.41, 5.74) is 4.54. The molecule has 0 saturated carbocycles. The monoisotopic (exact) mass is 493 g/mol. The number of benzene rings is 3. The molecular weight excluding hydrogens is 473 g/mol. The van der Waals surface area contributed by atoms with Crippen LogP contribution in [-0.2, 0) is 13.2 Å². The molecule has 3 aromatic rings. The van der Waals surface area contributed by atoms with E-state index in [-0.39, 0.29) is 0 Å². The standard InChI is InChI=1S/C22H21ClINO2/c1-15-3-9-19(10-4-15)25-13-17-11-20(24)22(21(12-17)26-2)27-14-16-5-7-18(23)8-6-16/h3-12,25H,13-14H2,1-2H3. The Hall–Kier alpha value is -1.92. The number of nitrogens with one attached hydrogen (secondary N) is 1. The van der Waals surface area contributed by atoms with Gasteiger partial charge in [0.05, 0.1) is 10.7 Å². The van der Waals surface area contributed by atoms with E-state index in [9.17, 15) is 0 Å². The van der Waals surface area contributed by atoms with Crippen molar-refractivity contribution in [1.82, 2.24) is 0 Å². The molecule has 0 atom stereocenters. The molecule has 0 saturated heterocycles. The fourth-order valence-electron chi connectivity index (χ4n) is 2.63. The van der Waals surface area contributed by atoms with E-state index >= 15 is 0 Å². The van der Waals surface area contributed by atoms with Gasteiger partial charge in [0.1, 0.15) is 6.61 Å². The molecule has 0 spiro atoms. The van der Waals surface area contributed by atoms with Gasteiger partial charge >= 0.3 is 0 Å². The van der Waals surface area contributed by atoms with Crippen LogP contribution in [-0.4, -0.2) is 7.11 Å². The van der Waals surface area contributed by atoms with Crippen molar-refractivity contribution in [1.29, 1.82) is 0 Å². The average Bonchev–Trinajstić information content (AvgIpc) is 2.67. The Morgan fingerprint density at radius 3 is 2.33 bits per heavy atom. The summed E-state index contributed by atoms with van der Waals surface area (Å²) in [5, 5.41) is 4.16. The molecule has 3 rings (SSSR count). The summed E-state index contributed by atoms with van der Waals surface area (Å²) in [6.07, 6.45) is 0. The van der Waals surface area contributed by atoms with Crippen LogP contribution in [0.5, 0.6) is 11.5 Å². The number of hydrogen-bond acceptors (Lipinski definition) is 3. The highest BCUT2D eigenvalue weighted by Gasteiger charge is 2.12. The highest BCUT2D eigenvalue weighted by molar-refractivity contribution is 14.1. The first-order chi connectivity index (χ1) is 13.0. The highest BCUT2D eigenvalue weighted by atomic mass is 127. The topological polar surface area (TPSA) is 30.5 Å². The Labute approximate surface area is 178 Å². The van der Waals surface area contributed by atoms with E-state index < -0.39 is 0 Å². The molecular formula is C22H21ClINO2. The van der Waals surface area contributed by atoms with Crippen molar-refractivity contribution >= 4 is 39.9 Å². The lowest BCUT2D eigenvalue weighted by Gasteiger charge is -2.15. The molecule has 0 bridgehead atoms. The van der Waals surface area contributed by atoms with E-state index in [1.807, 2.05) is 30.3 Å². The quantitative estimate of drug-likeness (QED) is 0.384. The average molecular weight is 494 g/mol. The van der Waals surface area contributed by atoms with Gasteiger partial charge in [-0.1, -0.05) is 41.4 Å². The molecule has 27 heavy (non-hydrogen) atoms. The van der Waals surface area contributed by atoms with Crippen molar-refractivity contribution in [2.24, 2.45) is 0 Å². The molecule has 140 valence electrons. The Morgan fingerprint density at radius 1 is 0.963 bits per heavy atom. The zero-order valence-electron chi connectivity index (χ0n) is 15.3. The Kier molecular flexibility index (Phi) is 6.85. The second-order valence-corrected chi connectivity index (χ2v) is 7.84. The second-order valence-electron chi connectivity index (χ2n) is 6.24. The van der Waals surface area contributed by atoms with Crippen LogP contribution in [0.2, 0.25) is 5.02 Å². The first-order valence-corrected chi connectivity index (χ1v) is 10.0. The first kappa shape index (κ1) is 19.8. The SMILES string of the molecule is COc1cc(CNc2ccc(C)cc2)cc(I)c1OCc1ccc(Cl)cc1. The number of aryl methyl sites for hydroxylation is 1. The van der Waals surface area contributed by atoms with Crippen molar-refractivity contribution in [3.05, 3.63) is 85.9 Å². The van der Waals surface area contributed by atoms with Crippen molar-refractivity contribution in [2.75, 3.05) is 12.4 Å². The van der Waals surface area contributed by atoms with E-state index in [4.69, 9.17) is 21.1 Å². The van der Waals surface area contributed by atoms with Gasteiger partial charge in [-0.05, 0) is 77.0 Å². The third kappa shape index (κ3) is 5.53. The van der Waals surface area contributed by atoms with Crippen molar-refractivity contribution in [3.8, 4) is 11.5 Å². The Bertz CT molecular complexity index is 895. The van der Waals surface area contributed by atoms with E-state index in [1.54, 1.807) is 7.11 Å². The minimum absolute atomic E-state index is 0.463. The van der Waals surface area contributed by atoms with Gasteiger partial charge in [0.25, 0.3) is 0 Å². The lowest BCUT2D eigenvalue weighted by molar-refractivity contribution is 0.282. The zero-order valence-corrected chi connectivity index (χ0v) is 18.2. The molecule has 0 radical (unpaired) electrons. The van der Waals surface area contributed by atoms with Gasteiger partial charge in [0.2, 0.25) is 0 Å². The maximum Gasteiger partial charge on any atom is 0.174 e. The van der Waals surface area contributed by atoms with Crippen LogP contribution >= 0.6 is 34.2 Å². The zero-order chi connectivity index (χ0) is 19.2. The summed E-state index contributed by atoms with van der Waals surface area (Å²) in [6, 6.07) is 20.1. The number of methoxy groups -OCH3 is 1. The Balaban J connectivity index is 1.70. The van der Waals surface area contributed by atoms with Gasteiger partial charge in [0.15, 0.2) is 11.5 Å². The van der Waals surface area contributed by atoms with Crippen LogP contribution in [0.1, 0.15) is 16.7 Å². The van der Waals surface area contributed by atoms with E-state index in [2.05, 4.69) is 65.2 Å². The molecule has 0 aromatic heterocycles. The number of rotatable bonds is 7. The van der Waals surface area contributed by atoms with Crippen LogP contribution in [0.3, 0.4) is 0 Å². The van der Waals surface area contributed by atoms with Gasteiger partial charge in [-0.3, -0.25) is 0 Å². The molecule has 0 unspecified atom stereocenters. The Morgan fingerprint density at radius 2 is 1.67 bits per heavy atom. The molecule has 1 N–H and O–H groups in total. The maximum atomic E-state index is 6.02. The summed E-state index contributed by atoms with van der Waals surface area (Å²) >= 11 is 8.22. The van der Waals surface area contributed by atoms with Gasteiger partial charge in [0, 0.05) is 17.3 Å². The summed E-state index contributed by atoms with van der Waals surface area (Å²) in [5.74, 6) is 1.49. The third-order valence-corrected chi connectivity index (χ3v) is 5.19. The van der Waals surface area contributed by atoms with Crippen LogP contribution in [0, 0.1) is 10.5 Å². The summed E-state index contributed by atoms with van der Waals surface area (Å²) in [6.45, 7) is 3.26. The molecule has 5 heteroatoms. The highest BCUT2D eigenvalue weighted by Crippen LogP contribution is 2.35. The lowest BCUT2D eigenvalue weighted by Crippen LogP contribution is -2.03. The molecule has 0 amide bonds. The predicted octanol–water partition coefficient (Wildman–Crippen LogP) is 6.45. The van der Waals surface area contributed by atoms with E-state index in [0.717, 1.165) is 36.9 Å². The van der Waals surface area contributed by atoms with Crippen LogP contribution in [0.15, 0.2) is 60.7 Å². The molecule has 0 fully saturated rings. The number of ether oxygens (including phenoxy) is 2. The van der Waals surface area contributed by atoms with Gasteiger partial charge in [-0.15, -0.1) is 0 Å². The smallest absolute Gasteiger partial charge is 0.174 e. The molecule has 3 aromatic carbocycles. The fourth-order valence-corrected chi connectivity index (χ4v) is 3.57. The first-order valence-electron chi connectivity index (χ1n) is 8.59. The fraction of sp³-hybridized carbons (Fsp3) is 0.182. The van der Waals surface area contributed by atoms with Crippen LogP contribution < -0.4 is 14.8 Å². The predicted molar refractivity (Wildman–Crippen MR) is 120 cm³/mol. The van der Waals surface area contributed by atoms with Gasteiger partial charge < -0.3 is 14.8 Å². The molecule has 0 aliphatic carbocycles. The van der Waals surface area contributed by atoms with Crippen molar-refractivity contribution < 1.29 is 9.47 Å². The summed E-state index contributed by atoms with van der Waals surface area (Å²) in [7, 11) is 1.66. The molecule has 0 heterocycles. The summed E-state index contributed by atoms with van der Waals surface area (Å²) in [4.78, 5) is 0. The third-order valence-electron chi connectivity index (χ3n) is 4.13.